The Morgan fingerprint density at radius 2 is 1.94 bits per heavy atom. The molecule has 0 radical (unpaired) electrons. The molecule has 1 aliphatic rings. The maximum atomic E-state index is 4.36. The highest BCUT2D eigenvalue weighted by Crippen LogP contribution is 2.17. The van der Waals surface area contributed by atoms with Crippen molar-refractivity contribution in [2.24, 2.45) is 4.99 Å². The molecule has 1 aliphatic carbocycles. The highest BCUT2D eigenvalue weighted by Gasteiger charge is 1.93. The van der Waals surface area contributed by atoms with Gasteiger partial charge in [-0.3, -0.25) is 4.99 Å². The van der Waals surface area contributed by atoms with Crippen LogP contribution >= 0.6 is 0 Å². The molecule has 1 aromatic carbocycles. The van der Waals surface area contributed by atoms with Crippen LogP contribution in [0.1, 0.15) is 0 Å². The van der Waals surface area contributed by atoms with Crippen LogP contribution in [0.4, 0.5) is 11.4 Å². The second kappa shape index (κ2) is 5.85. The second-order valence-corrected chi connectivity index (χ2v) is 4.17. The van der Waals surface area contributed by atoms with Crippen LogP contribution in [0.15, 0.2) is 70.9 Å². The predicted molar refractivity (Wildman–Crippen MR) is 78.8 cm³/mol. The summed E-state index contributed by atoms with van der Waals surface area (Å²) in [7, 11) is 4.05. The summed E-state index contributed by atoms with van der Waals surface area (Å²) in [6, 6.07) is 8.13. The molecule has 0 saturated carbocycles. The number of benzene rings is 1. The molecule has 18 heavy (non-hydrogen) atoms. The van der Waals surface area contributed by atoms with Gasteiger partial charge in [0, 0.05) is 31.6 Å². The van der Waals surface area contributed by atoms with Crippen LogP contribution in [0.2, 0.25) is 0 Å². The fraction of sp³-hybridized carbons (Fsp3) is 0.125. The van der Waals surface area contributed by atoms with Gasteiger partial charge in [0.05, 0.1) is 5.69 Å². The lowest BCUT2D eigenvalue weighted by Gasteiger charge is -2.11. The molecule has 0 fully saturated rings. The van der Waals surface area contributed by atoms with Gasteiger partial charge >= 0.3 is 0 Å². The van der Waals surface area contributed by atoms with Gasteiger partial charge in [0.2, 0.25) is 0 Å². The number of nitrogens with zero attached hydrogens (tertiary/aromatic N) is 2. The molecule has 2 heteroatoms. The van der Waals surface area contributed by atoms with E-state index in [0.717, 1.165) is 11.3 Å². The van der Waals surface area contributed by atoms with Gasteiger partial charge in [-0.2, -0.15) is 0 Å². The van der Waals surface area contributed by atoms with E-state index in [9.17, 15) is 0 Å². The summed E-state index contributed by atoms with van der Waals surface area (Å²) in [6.45, 7) is 0. The Bertz CT molecular complexity index is 551. The van der Waals surface area contributed by atoms with Gasteiger partial charge in [-0.25, -0.2) is 0 Å². The first-order valence-corrected chi connectivity index (χ1v) is 5.87. The van der Waals surface area contributed by atoms with Crippen LogP contribution < -0.4 is 4.90 Å². The minimum absolute atomic E-state index is 0.955. The summed E-state index contributed by atoms with van der Waals surface area (Å²) < 4.78 is 0. The van der Waals surface area contributed by atoms with Gasteiger partial charge in [0.25, 0.3) is 0 Å². The smallest absolute Gasteiger partial charge is 0.0631 e. The number of anilines is 1. The largest absolute Gasteiger partial charge is 0.378 e. The van der Waals surface area contributed by atoms with Crippen molar-refractivity contribution < 1.29 is 0 Å². The molecule has 0 heterocycles. The Morgan fingerprint density at radius 1 is 1.17 bits per heavy atom. The van der Waals surface area contributed by atoms with Gasteiger partial charge in [-0.15, -0.1) is 5.73 Å². The van der Waals surface area contributed by atoms with E-state index in [1.165, 1.54) is 5.69 Å². The van der Waals surface area contributed by atoms with Crippen LogP contribution in [0, 0.1) is 0 Å². The quantitative estimate of drug-likeness (QED) is 0.575. The van der Waals surface area contributed by atoms with E-state index in [0.29, 0.717) is 0 Å². The van der Waals surface area contributed by atoms with Gasteiger partial charge < -0.3 is 4.90 Å². The second-order valence-electron chi connectivity index (χ2n) is 4.17. The number of allylic oxidation sites excluding steroid dienone is 5. The fourth-order valence-electron chi connectivity index (χ4n) is 1.56. The molecule has 0 atom stereocenters. The lowest BCUT2D eigenvalue weighted by atomic mass is 10.2. The van der Waals surface area contributed by atoms with Crippen molar-refractivity contribution in [3.05, 3.63) is 65.9 Å². The highest BCUT2D eigenvalue weighted by molar-refractivity contribution is 5.75. The van der Waals surface area contributed by atoms with Gasteiger partial charge in [0.15, 0.2) is 0 Å². The molecule has 0 saturated heterocycles. The molecule has 0 spiro atoms. The third-order valence-corrected chi connectivity index (χ3v) is 2.57. The summed E-state index contributed by atoms with van der Waals surface area (Å²) in [5.74, 6) is 0. The predicted octanol–water partition coefficient (Wildman–Crippen LogP) is 3.66. The van der Waals surface area contributed by atoms with Gasteiger partial charge in [0.1, 0.15) is 0 Å². The van der Waals surface area contributed by atoms with Crippen LogP contribution in [0.5, 0.6) is 0 Å². The van der Waals surface area contributed by atoms with Crippen molar-refractivity contribution in [1.82, 2.24) is 0 Å². The topological polar surface area (TPSA) is 15.6 Å². The average Bonchev–Trinajstić information content (AvgIpc) is 2.88. The van der Waals surface area contributed by atoms with E-state index in [2.05, 4.69) is 27.8 Å². The molecule has 0 N–H and O–H groups in total. The van der Waals surface area contributed by atoms with E-state index < -0.39 is 0 Å². The zero-order valence-electron chi connectivity index (χ0n) is 10.7. The lowest BCUT2D eigenvalue weighted by molar-refractivity contribution is 1.13. The highest BCUT2D eigenvalue weighted by atomic mass is 15.1. The van der Waals surface area contributed by atoms with Crippen LogP contribution in [0.25, 0.3) is 0 Å². The van der Waals surface area contributed by atoms with E-state index in [-0.39, 0.29) is 0 Å². The van der Waals surface area contributed by atoms with E-state index in [4.69, 9.17) is 0 Å². The molecule has 1 aromatic rings. The van der Waals surface area contributed by atoms with E-state index in [1.807, 2.05) is 56.6 Å². The molecule has 0 unspecified atom stereocenters. The first kappa shape index (κ1) is 12.2. The fourth-order valence-corrected chi connectivity index (χ4v) is 1.56. The van der Waals surface area contributed by atoms with Crippen molar-refractivity contribution >= 4 is 17.6 Å². The van der Waals surface area contributed by atoms with E-state index >= 15 is 0 Å². The van der Waals surface area contributed by atoms with Crippen molar-refractivity contribution in [2.45, 2.75) is 0 Å². The lowest BCUT2D eigenvalue weighted by Crippen LogP contribution is -2.07. The minimum atomic E-state index is 0.955. The SMILES string of the molecule is CN(C)c1ccc(N=C/C=C/C2=C=CC=C2)cc1. The Balaban J connectivity index is 1.96. The molecule has 0 amide bonds. The molecular weight excluding hydrogens is 220 g/mol. The van der Waals surface area contributed by atoms with Gasteiger partial charge in [-0.1, -0.05) is 6.08 Å². The normalized spacial score (nSPS) is 13.8. The standard InChI is InChI=1S/C16H16N2/c1-18(2)16-11-9-15(10-12-16)17-13-5-8-14-6-3-4-7-14/h3-6,8-13H,1-2H3/b8-5+,17-13?. The number of rotatable bonds is 4. The number of hydrogen-bond donors (Lipinski definition) is 0. The zero-order valence-corrected chi connectivity index (χ0v) is 10.7. The zero-order chi connectivity index (χ0) is 12.8. The van der Waals surface area contributed by atoms with Crippen LogP contribution in [0.3, 0.4) is 0 Å². The molecular formula is C16H16N2. The van der Waals surface area contributed by atoms with Crippen molar-refractivity contribution in [2.75, 3.05) is 19.0 Å². The first-order chi connectivity index (χ1) is 8.75. The Hall–Kier alpha value is -2.31. The number of aliphatic imine (C=N–C) groups is 1. The Morgan fingerprint density at radius 3 is 2.56 bits per heavy atom. The summed E-state index contributed by atoms with van der Waals surface area (Å²) in [4.78, 5) is 6.43. The average molecular weight is 236 g/mol. The molecule has 2 rings (SSSR count). The minimum Gasteiger partial charge on any atom is -0.378 e. The van der Waals surface area contributed by atoms with Gasteiger partial charge in [-0.05, 0) is 48.6 Å². The molecule has 0 aliphatic heterocycles. The molecule has 90 valence electrons. The van der Waals surface area contributed by atoms with Crippen molar-refractivity contribution in [1.29, 1.82) is 0 Å². The first-order valence-electron chi connectivity index (χ1n) is 5.87. The maximum Gasteiger partial charge on any atom is 0.0631 e. The number of hydrogen-bond acceptors (Lipinski definition) is 2. The summed E-state index contributed by atoms with van der Waals surface area (Å²) >= 11 is 0. The summed E-state index contributed by atoms with van der Waals surface area (Å²) in [5.41, 5.74) is 6.31. The summed E-state index contributed by atoms with van der Waals surface area (Å²) in [5, 5.41) is 0. The van der Waals surface area contributed by atoms with Crippen molar-refractivity contribution in [3.8, 4) is 0 Å². The van der Waals surface area contributed by atoms with Crippen molar-refractivity contribution in [3.63, 3.8) is 0 Å². The summed E-state index contributed by atoms with van der Waals surface area (Å²) in [6.07, 6.45) is 11.6. The monoisotopic (exact) mass is 236 g/mol. The molecule has 0 bridgehead atoms. The Kier molecular flexibility index (Phi) is 3.95. The Labute approximate surface area is 108 Å². The maximum absolute atomic E-state index is 4.36. The molecule has 2 nitrogen and oxygen atoms in total. The van der Waals surface area contributed by atoms with E-state index in [1.54, 1.807) is 6.21 Å². The third-order valence-electron chi connectivity index (χ3n) is 2.57. The third kappa shape index (κ3) is 3.34. The van der Waals surface area contributed by atoms with Crippen LogP contribution in [-0.4, -0.2) is 20.3 Å². The van der Waals surface area contributed by atoms with Crippen LogP contribution in [-0.2, 0) is 0 Å². The molecule has 0 aromatic heterocycles.